The summed E-state index contributed by atoms with van der Waals surface area (Å²) in [6, 6.07) is 0. The van der Waals surface area contributed by atoms with Gasteiger partial charge < -0.3 is 9.52 Å². The van der Waals surface area contributed by atoms with Crippen molar-refractivity contribution in [3.8, 4) is 0 Å². The first-order chi connectivity index (χ1) is 5.79. The first kappa shape index (κ1) is 7.87. The first-order valence-electron chi connectivity index (χ1n) is 4.50. The Morgan fingerprint density at radius 3 is 2.75 bits per heavy atom. The second-order valence-electron chi connectivity index (χ2n) is 3.61. The Labute approximate surface area is 72.2 Å². The normalized spacial score (nSPS) is 29.5. The zero-order valence-corrected chi connectivity index (χ0v) is 7.29. The monoisotopic (exact) mass is 166 g/mol. The predicted molar refractivity (Wildman–Crippen MR) is 46.0 cm³/mol. The highest BCUT2D eigenvalue weighted by molar-refractivity contribution is 5.25. The van der Waals surface area contributed by atoms with Crippen LogP contribution in [0.25, 0.3) is 0 Å². The van der Waals surface area contributed by atoms with Gasteiger partial charge in [0.1, 0.15) is 0 Å². The third kappa shape index (κ3) is 1.16. The van der Waals surface area contributed by atoms with Gasteiger partial charge in [0, 0.05) is 5.92 Å². The van der Waals surface area contributed by atoms with E-state index < -0.39 is 0 Å². The fourth-order valence-electron chi connectivity index (χ4n) is 2.05. The summed E-state index contributed by atoms with van der Waals surface area (Å²) in [6.45, 7) is 2.03. The Kier molecular flexibility index (Phi) is 1.93. The lowest BCUT2D eigenvalue weighted by Crippen LogP contribution is -2.10. The van der Waals surface area contributed by atoms with Gasteiger partial charge in [-0.1, -0.05) is 6.42 Å². The molecule has 0 bridgehead atoms. The summed E-state index contributed by atoms with van der Waals surface area (Å²) in [7, 11) is 0. The molecule has 2 heteroatoms. The van der Waals surface area contributed by atoms with E-state index in [0.29, 0.717) is 5.92 Å². The van der Waals surface area contributed by atoms with Crippen molar-refractivity contribution in [2.24, 2.45) is 0 Å². The largest absolute Gasteiger partial charge is 0.472 e. The SMILES string of the molecule is Cc1cocc1[C@@H]1CCC[C@H]1O. The summed E-state index contributed by atoms with van der Waals surface area (Å²) in [5.74, 6) is 0.323. The van der Waals surface area contributed by atoms with E-state index in [1.165, 1.54) is 11.1 Å². The van der Waals surface area contributed by atoms with E-state index in [1.54, 1.807) is 12.5 Å². The molecule has 2 rings (SSSR count). The quantitative estimate of drug-likeness (QED) is 0.694. The number of aryl methyl sites for hydroxylation is 1. The van der Waals surface area contributed by atoms with Gasteiger partial charge in [-0.3, -0.25) is 0 Å². The molecule has 0 spiro atoms. The van der Waals surface area contributed by atoms with Crippen LogP contribution in [0, 0.1) is 6.92 Å². The van der Waals surface area contributed by atoms with Crippen molar-refractivity contribution in [1.82, 2.24) is 0 Å². The number of rotatable bonds is 1. The van der Waals surface area contributed by atoms with Gasteiger partial charge in [0.2, 0.25) is 0 Å². The van der Waals surface area contributed by atoms with Crippen LogP contribution in [-0.4, -0.2) is 11.2 Å². The second kappa shape index (κ2) is 2.94. The van der Waals surface area contributed by atoms with Crippen LogP contribution in [0.3, 0.4) is 0 Å². The predicted octanol–water partition coefficient (Wildman–Crippen LogP) is 2.22. The molecule has 12 heavy (non-hydrogen) atoms. The molecule has 1 aliphatic carbocycles. The van der Waals surface area contributed by atoms with Crippen molar-refractivity contribution in [3.63, 3.8) is 0 Å². The molecule has 0 amide bonds. The summed E-state index contributed by atoms with van der Waals surface area (Å²) < 4.78 is 5.09. The molecule has 2 atom stereocenters. The van der Waals surface area contributed by atoms with Gasteiger partial charge in [-0.05, 0) is 30.9 Å². The smallest absolute Gasteiger partial charge is 0.0941 e. The molecular formula is C10H14O2. The zero-order valence-electron chi connectivity index (χ0n) is 7.29. The maximum atomic E-state index is 9.64. The number of hydrogen-bond acceptors (Lipinski definition) is 2. The van der Waals surface area contributed by atoms with Gasteiger partial charge in [-0.25, -0.2) is 0 Å². The molecule has 0 aromatic carbocycles. The van der Waals surface area contributed by atoms with E-state index in [2.05, 4.69) is 0 Å². The lowest BCUT2D eigenvalue weighted by Gasteiger charge is -2.12. The van der Waals surface area contributed by atoms with Crippen LogP contribution in [0.4, 0.5) is 0 Å². The molecule has 1 saturated carbocycles. The third-order valence-electron chi connectivity index (χ3n) is 2.77. The third-order valence-corrected chi connectivity index (χ3v) is 2.77. The van der Waals surface area contributed by atoms with Gasteiger partial charge in [0.15, 0.2) is 0 Å². The molecule has 1 aliphatic rings. The maximum Gasteiger partial charge on any atom is 0.0941 e. The van der Waals surface area contributed by atoms with Gasteiger partial charge in [-0.2, -0.15) is 0 Å². The van der Waals surface area contributed by atoms with Gasteiger partial charge in [0.05, 0.1) is 18.6 Å². The van der Waals surface area contributed by atoms with E-state index in [0.717, 1.165) is 19.3 Å². The zero-order chi connectivity index (χ0) is 8.55. The molecule has 1 heterocycles. The lowest BCUT2D eigenvalue weighted by atomic mass is 9.96. The highest BCUT2D eigenvalue weighted by atomic mass is 16.3. The van der Waals surface area contributed by atoms with Gasteiger partial charge in [0.25, 0.3) is 0 Å². The van der Waals surface area contributed by atoms with E-state index in [9.17, 15) is 5.11 Å². The first-order valence-corrected chi connectivity index (χ1v) is 4.50. The van der Waals surface area contributed by atoms with Crippen molar-refractivity contribution in [3.05, 3.63) is 23.7 Å². The summed E-state index contributed by atoms with van der Waals surface area (Å²) in [5.41, 5.74) is 2.36. The van der Waals surface area contributed by atoms with Crippen molar-refractivity contribution in [2.75, 3.05) is 0 Å². The Morgan fingerprint density at radius 1 is 1.42 bits per heavy atom. The molecule has 0 unspecified atom stereocenters. The molecule has 0 saturated heterocycles. The van der Waals surface area contributed by atoms with Crippen molar-refractivity contribution in [2.45, 2.75) is 38.2 Å². The van der Waals surface area contributed by atoms with Gasteiger partial charge >= 0.3 is 0 Å². The number of aliphatic hydroxyl groups excluding tert-OH is 1. The minimum Gasteiger partial charge on any atom is -0.472 e. The van der Waals surface area contributed by atoms with Crippen molar-refractivity contribution >= 4 is 0 Å². The van der Waals surface area contributed by atoms with Crippen LogP contribution >= 0.6 is 0 Å². The van der Waals surface area contributed by atoms with Crippen LogP contribution in [0.2, 0.25) is 0 Å². The standard InChI is InChI=1S/C10H14O2/c1-7-5-12-6-9(7)8-3-2-4-10(8)11/h5-6,8,10-11H,2-4H2,1H3/t8-,10+/m0/s1. The molecule has 1 N–H and O–H groups in total. The Hall–Kier alpha value is -0.760. The van der Waals surface area contributed by atoms with Crippen LogP contribution in [0.15, 0.2) is 16.9 Å². The average Bonchev–Trinajstić information content (AvgIpc) is 2.59. The Balaban J connectivity index is 2.24. The highest BCUT2D eigenvalue weighted by Gasteiger charge is 2.28. The maximum absolute atomic E-state index is 9.64. The van der Waals surface area contributed by atoms with Crippen molar-refractivity contribution in [1.29, 1.82) is 0 Å². The minimum atomic E-state index is -0.152. The molecule has 1 fully saturated rings. The van der Waals surface area contributed by atoms with E-state index in [4.69, 9.17) is 4.42 Å². The Morgan fingerprint density at radius 2 is 2.25 bits per heavy atom. The van der Waals surface area contributed by atoms with Gasteiger partial charge in [-0.15, -0.1) is 0 Å². The fraction of sp³-hybridized carbons (Fsp3) is 0.600. The number of furan rings is 1. The lowest BCUT2D eigenvalue weighted by molar-refractivity contribution is 0.163. The number of hydrogen-bond donors (Lipinski definition) is 1. The summed E-state index contributed by atoms with van der Waals surface area (Å²) in [4.78, 5) is 0. The van der Waals surface area contributed by atoms with E-state index >= 15 is 0 Å². The molecule has 1 aromatic heterocycles. The summed E-state index contributed by atoms with van der Waals surface area (Å²) in [5, 5.41) is 9.64. The van der Waals surface area contributed by atoms with Crippen LogP contribution in [0.5, 0.6) is 0 Å². The molecular weight excluding hydrogens is 152 g/mol. The average molecular weight is 166 g/mol. The molecule has 0 aliphatic heterocycles. The van der Waals surface area contributed by atoms with Crippen molar-refractivity contribution < 1.29 is 9.52 Å². The molecule has 2 nitrogen and oxygen atoms in total. The van der Waals surface area contributed by atoms with Crippen LogP contribution in [-0.2, 0) is 0 Å². The Bertz CT molecular complexity index is 265. The molecule has 0 radical (unpaired) electrons. The molecule has 1 aromatic rings. The summed E-state index contributed by atoms with van der Waals surface area (Å²) in [6.07, 6.45) is 6.55. The molecule has 66 valence electrons. The number of aliphatic hydroxyl groups is 1. The fourth-order valence-corrected chi connectivity index (χ4v) is 2.05. The topological polar surface area (TPSA) is 33.4 Å². The van der Waals surface area contributed by atoms with E-state index in [1.807, 2.05) is 6.92 Å². The van der Waals surface area contributed by atoms with Crippen LogP contribution < -0.4 is 0 Å². The second-order valence-corrected chi connectivity index (χ2v) is 3.61. The van der Waals surface area contributed by atoms with Crippen LogP contribution in [0.1, 0.15) is 36.3 Å². The minimum absolute atomic E-state index is 0.152. The summed E-state index contributed by atoms with van der Waals surface area (Å²) >= 11 is 0. The highest BCUT2D eigenvalue weighted by Crippen LogP contribution is 2.36. The van der Waals surface area contributed by atoms with E-state index in [-0.39, 0.29) is 6.10 Å².